The molecule has 0 radical (unpaired) electrons. The number of rotatable bonds is 6. The van der Waals surface area contributed by atoms with E-state index < -0.39 is 0 Å². The molecule has 1 atom stereocenters. The number of hydrogen-bond donors (Lipinski definition) is 2. The van der Waals surface area contributed by atoms with E-state index >= 15 is 0 Å². The maximum atomic E-state index is 12.6. The largest absolute Gasteiger partial charge is 0.493 e. The van der Waals surface area contributed by atoms with Gasteiger partial charge in [-0.3, -0.25) is 9.69 Å². The number of aliphatic hydroxyl groups excluding tert-OH is 1. The Hall–Kier alpha value is -1.63. The highest BCUT2D eigenvalue weighted by Crippen LogP contribution is 2.39. The van der Waals surface area contributed by atoms with Crippen LogP contribution in [0.3, 0.4) is 0 Å². The van der Waals surface area contributed by atoms with E-state index in [0.717, 1.165) is 70.0 Å². The van der Waals surface area contributed by atoms with Crippen molar-refractivity contribution in [2.24, 2.45) is 5.92 Å². The molecule has 4 rings (SSSR count). The van der Waals surface area contributed by atoms with Crippen molar-refractivity contribution in [3.8, 4) is 5.75 Å². The molecule has 3 aliphatic rings. The van der Waals surface area contributed by atoms with E-state index in [9.17, 15) is 9.90 Å². The van der Waals surface area contributed by atoms with Crippen molar-refractivity contribution in [1.82, 2.24) is 10.2 Å². The monoisotopic (exact) mass is 360 g/mol. The first kappa shape index (κ1) is 17.8. The van der Waals surface area contributed by atoms with Gasteiger partial charge >= 0.3 is 0 Å². The highest BCUT2D eigenvalue weighted by Gasteiger charge is 2.36. The molecule has 2 aliphatic heterocycles. The van der Waals surface area contributed by atoms with Gasteiger partial charge < -0.3 is 19.9 Å². The Morgan fingerprint density at radius 3 is 2.85 bits per heavy atom. The second kappa shape index (κ2) is 7.94. The molecule has 2 heterocycles. The zero-order valence-corrected chi connectivity index (χ0v) is 15.2. The van der Waals surface area contributed by atoms with Gasteiger partial charge in [-0.15, -0.1) is 0 Å². The average Bonchev–Trinajstić information content (AvgIpc) is 3.11. The summed E-state index contributed by atoms with van der Waals surface area (Å²) in [6.45, 7) is 4.81. The number of benzene rings is 1. The number of ether oxygens (including phenoxy) is 2. The van der Waals surface area contributed by atoms with Crippen LogP contribution in [0, 0.1) is 5.92 Å². The van der Waals surface area contributed by atoms with Crippen LogP contribution in [0.4, 0.5) is 0 Å². The number of aliphatic hydroxyl groups is 1. The highest BCUT2D eigenvalue weighted by molar-refractivity contribution is 5.76. The van der Waals surface area contributed by atoms with Crippen LogP contribution in [0.25, 0.3) is 0 Å². The van der Waals surface area contributed by atoms with Gasteiger partial charge in [-0.1, -0.05) is 6.07 Å². The first-order valence-electron chi connectivity index (χ1n) is 9.72. The summed E-state index contributed by atoms with van der Waals surface area (Å²) in [6.07, 6.45) is 2.70. The van der Waals surface area contributed by atoms with Crippen molar-refractivity contribution < 1.29 is 19.4 Å². The third-order valence-corrected chi connectivity index (χ3v) is 5.77. The summed E-state index contributed by atoms with van der Waals surface area (Å²) in [6, 6.07) is 6.21. The molecule has 26 heavy (non-hydrogen) atoms. The maximum Gasteiger partial charge on any atom is 0.221 e. The summed E-state index contributed by atoms with van der Waals surface area (Å²) in [5.74, 6) is 1.34. The average molecular weight is 360 g/mol. The van der Waals surface area contributed by atoms with Gasteiger partial charge in [0.05, 0.1) is 32.0 Å². The minimum Gasteiger partial charge on any atom is -0.493 e. The molecule has 142 valence electrons. The summed E-state index contributed by atoms with van der Waals surface area (Å²) >= 11 is 0. The maximum absolute atomic E-state index is 12.6. The Balaban J connectivity index is 1.39. The number of morpholine rings is 1. The van der Waals surface area contributed by atoms with Crippen molar-refractivity contribution in [2.45, 2.75) is 37.8 Å². The topological polar surface area (TPSA) is 71.0 Å². The van der Waals surface area contributed by atoms with Gasteiger partial charge in [0.1, 0.15) is 5.75 Å². The fourth-order valence-electron chi connectivity index (χ4n) is 4.11. The zero-order valence-electron chi connectivity index (χ0n) is 15.2. The van der Waals surface area contributed by atoms with E-state index in [0.29, 0.717) is 12.3 Å². The first-order valence-corrected chi connectivity index (χ1v) is 9.72. The molecule has 2 fully saturated rings. The second-order valence-electron chi connectivity index (χ2n) is 7.60. The van der Waals surface area contributed by atoms with E-state index in [1.54, 1.807) is 0 Å². The molecule has 0 bridgehead atoms. The van der Waals surface area contributed by atoms with E-state index in [1.807, 2.05) is 6.07 Å². The lowest BCUT2D eigenvalue weighted by molar-refractivity contribution is -0.123. The Bertz CT molecular complexity index is 639. The van der Waals surface area contributed by atoms with Gasteiger partial charge in [0.15, 0.2) is 0 Å². The number of amides is 1. The van der Waals surface area contributed by atoms with Gasteiger partial charge in [0.25, 0.3) is 0 Å². The molecular weight excluding hydrogens is 332 g/mol. The normalized spacial score (nSPS) is 26.5. The van der Waals surface area contributed by atoms with Crippen molar-refractivity contribution in [3.63, 3.8) is 0 Å². The van der Waals surface area contributed by atoms with Crippen LogP contribution in [-0.2, 0) is 16.0 Å². The molecular formula is C20H28N2O4. The molecule has 1 amide bonds. The number of carbonyl (C=O) groups excluding carboxylic acids is 1. The van der Waals surface area contributed by atoms with Gasteiger partial charge in [0.2, 0.25) is 5.91 Å². The molecule has 0 spiro atoms. The lowest BCUT2D eigenvalue weighted by Gasteiger charge is -2.38. The second-order valence-corrected chi connectivity index (χ2v) is 7.60. The summed E-state index contributed by atoms with van der Waals surface area (Å²) in [5.41, 5.74) is 2.35. The quantitative estimate of drug-likeness (QED) is 0.800. The molecule has 1 aliphatic carbocycles. The fourth-order valence-corrected chi connectivity index (χ4v) is 4.11. The van der Waals surface area contributed by atoms with Crippen molar-refractivity contribution in [1.29, 1.82) is 0 Å². The number of fused-ring (bicyclic) bond motifs is 1. The lowest BCUT2D eigenvalue weighted by atomic mass is 9.75. The molecule has 1 aromatic rings. The molecule has 6 nitrogen and oxygen atoms in total. The van der Waals surface area contributed by atoms with Crippen LogP contribution in [0.5, 0.6) is 5.75 Å². The molecule has 1 saturated carbocycles. The third-order valence-electron chi connectivity index (χ3n) is 5.77. The van der Waals surface area contributed by atoms with Gasteiger partial charge in [-0.05, 0) is 42.0 Å². The number of nitrogens with zero attached hydrogens (tertiary/aromatic N) is 1. The fraction of sp³-hybridized carbons (Fsp3) is 0.650. The summed E-state index contributed by atoms with van der Waals surface area (Å²) in [7, 11) is 0. The van der Waals surface area contributed by atoms with Gasteiger partial charge in [0, 0.05) is 32.5 Å². The van der Waals surface area contributed by atoms with Crippen molar-refractivity contribution in [3.05, 3.63) is 29.3 Å². The highest BCUT2D eigenvalue weighted by atomic mass is 16.5. The standard InChI is InChI=1S/C20H28N2O4/c23-17-12-16(13-17)20(15-1-2-18-14(11-15)4-8-26-18)21-19(24)3-5-22-6-9-25-10-7-22/h1-2,11,16-17,20,23H,3-10,12-13H2,(H,21,24)/t16?,17?,20-/m1/s1. The Labute approximate surface area is 154 Å². The third kappa shape index (κ3) is 4.03. The van der Waals surface area contributed by atoms with E-state index in [-0.39, 0.29) is 18.1 Å². The van der Waals surface area contributed by atoms with E-state index in [2.05, 4.69) is 22.3 Å². The minimum atomic E-state index is -0.231. The minimum absolute atomic E-state index is 0.0264. The Kier molecular flexibility index (Phi) is 5.43. The zero-order chi connectivity index (χ0) is 17.9. The Morgan fingerprint density at radius 1 is 1.27 bits per heavy atom. The van der Waals surface area contributed by atoms with Crippen LogP contribution in [0.2, 0.25) is 0 Å². The lowest BCUT2D eigenvalue weighted by Crippen LogP contribution is -2.43. The molecule has 1 aromatic carbocycles. The van der Waals surface area contributed by atoms with Crippen molar-refractivity contribution >= 4 is 5.91 Å². The number of carbonyl (C=O) groups is 1. The van der Waals surface area contributed by atoms with Gasteiger partial charge in [-0.2, -0.15) is 0 Å². The van der Waals surface area contributed by atoms with Crippen LogP contribution < -0.4 is 10.1 Å². The van der Waals surface area contributed by atoms with E-state index in [1.165, 1.54) is 5.56 Å². The predicted molar refractivity (Wildman–Crippen MR) is 97.1 cm³/mol. The smallest absolute Gasteiger partial charge is 0.221 e. The van der Waals surface area contributed by atoms with Crippen LogP contribution >= 0.6 is 0 Å². The predicted octanol–water partition coefficient (Wildman–Crippen LogP) is 1.27. The number of hydrogen-bond acceptors (Lipinski definition) is 5. The number of nitrogens with one attached hydrogen (secondary N) is 1. The molecule has 1 saturated heterocycles. The van der Waals surface area contributed by atoms with Crippen LogP contribution in [-0.4, -0.2) is 61.5 Å². The van der Waals surface area contributed by atoms with Gasteiger partial charge in [-0.25, -0.2) is 0 Å². The van der Waals surface area contributed by atoms with Crippen LogP contribution in [0.15, 0.2) is 18.2 Å². The summed E-state index contributed by atoms with van der Waals surface area (Å²) in [5, 5.41) is 13.0. The Morgan fingerprint density at radius 2 is 2.08 bits per heavy atom. The molecule has 2 N–H and O–H groups in total. The van der Waals surface area contributed by atoms with E-state index in [4.69, 9.17) is 9.47 Å². The molecule has 6 heteroatoms. The first-order chi connectivity index (χ1) is 12.7. The van der Waals surface area contributed by atoms with Crippen molar-refractivity contribution in [2.75, 3.05) is 39.5 Å². The SMILES string of the molecule is O=C(CCN1CCOCC1)N[C@H](c1ccc2c(c1)CCO2)C1CC(O)C1. The molecule has 0 unspecified atom stereocenters. The molecule has 0 aromatic heterocycles. The summed E-state index contributed by atoms with van der Waals surface area (Å²) in [4.78, 5) is 14.8. The van der Waals surface area contributed by atoms with Crippen LogP contribution in [0.1, 0.15) is 36.4 Å². The summed E-state index contributed by atoms with van der Waals surface area (Å²) < 4.78 is 10.9.